The first-order valence-electron chi connectivity index (χ1n) is 10.2. The second kappa shape index (κ2) is 8.62. The van der Waals surface area contributed by atoms with Crippen LogP contribution in [-0.4, -0.2) is 48.7 Å². The highest BCUT2D eigenvalue weighted by Crippen LogP contribution is 2.30. The smallest absolute Gasteiger partial charge is 0.243 e. The monoisotopic (exact) mass is 403 g/mol. The van der Waals surface area contributed by atoms with Crippen LogP contribution in [0.25, 0.3) is 0 Å². The van der Waals surface area contributed by atoms with E-state index < -0.39 is 10.0 Å². The molecule has 1 aliphatic carbocycles. The highest BCUT2D eigenvalue weighted by Gasteiger charge is 2.37. The van der Waals surface area contributed by atoms with Crippen LogP contribution in [0, 0.1) is 17.2 Å². The van der Waals surface area contributed by atoms with Crippen molar-refractivity contribution < 1.29 is 13.2 Å². The quantitative estimate of drug-likeness (QED) is 0.756. The minimum Gasteiger partial charge on any atom is -0.337 e. The maximum atomic E-state index is 13.2. The van der Waals surface area contributed by atoms with Crippen LogP contribution in [0.5, 0.6) is 0 Å². The molecule has 0 N–H and O–H groups in total. The maximum absolute atomic E-state index is 13.2. The first-order chi connectivity index (χ1) is 13.3. The molecule has 1 heterocycles. The van der Waals surface area contributed by atoms with Gasteiger partial charge in [0.15, 0.2) is 0 Å². The number of benzene rings is 1. The molecule has 0 atom stereocenters. The van der Waals surface area contributed by atoms with Crippen molar-refractivity contribution in [2.45, 2.75) is 69.4 Å². The lowest BCUT2D eigenvalue weighted by Gasteiger charge is -2.38. The SMILES string of the molecule is CC(C)N(C(=O)C1CCN(S(=O)(=O)c2ccc(C#N)cc2)CC1)C1CCCC1. The van der Waals surface area contributed by atoms with Crippen molar-refractivity contribution >= 4 is 15.9 Å². The molecule has 3 rings (SSSR count). The summed E-state index contributed by atoms with van der Waals surface area (Å²) in [7, 11) is -3.59. The lowest BCUT2D eigenvalue weighted by molar-refractivity contribution is -0.141. The Morgan fingerprint density at radius 1 is 1.11 bits per heavy atom. The number of hydrogen-bond acceptors (Lipinski definition) is 4. The molecule has 0 unspecified atom stereocenters. The summed E-state index contributed by atoms with van der Waals surface area (Å²) in [5.74, 6) is 0.0905. The molecule has 1 aromatic carbocycles. The molecule has 0 spiro atoms. The summed E-state index contributed by atoms with van der Waals surface area (Å²) in [4.78, 5) is 15.4. The van der Waals surface area contributed by atoms with E-state index in [0.29, 0.717) is 37.5 Å². The molecule has 0 bridgehead atoms. The average molecular weight is 404 g/mol. The summed E-state index contributed by atoms with van der Waals surface area (Å²) >= 11 is 0. The molecule has 1 saturated heterocycles. The highest BCUT2D eigenvalue weighted by atomic mass is 32.2. The minimum atomic E-state index is -3.59. The number of carbonyl (C=O) groups excluding carboxylic acids is 1. The van der Waals surface area contributed by atoms with Gasteiger partial charge in [-0.05, 0) is 63.8 Å². The van der Waals surface area contributed by atoms with Crippen LogP contribution in [0.4, 0.5) is 0 Å². The van der Waals surface area contributed by atoms with Crippen LogP contribution in [0.3, 0.4) is 0 Å². The van der Waals surface area contributed by atoms with Crippen molar-refractivity contribution in [3.05, 3.63) is 29.8 Å². The van der Waals surface area contributed by atoms with Gasteiger partial charge in [0.2, 0.25) is 15.9 Å². The third-order valence-electron chi connectivity index (χ3n) is 5.95. The molecule has 6 nitrogen and oxygen atoms in total. The number of rotatable bonds is 5. The van der Waals surface area contributed by atoms with E-state index in [0.717, 1.165) is 12.8 Å². The molecule has 1 saturated carbocycles. The second-order valence-corrected chi connectivity index (χ2v) is 10.0. The van der Waals surface area contributed by atoms with E-state index >= 15 is 0 Å². The molecule has 7 heteroatoms. The van der Waals surface area contributed by atoms with Crippen LogP contribution < -0.4 is 0 Å². The van der Waals surface area contributed by atoms with Crippen molar-refractivity contribution in [1.82, 2.24) is 9.21 Å². The Morgan fingerprint density at radius 3 is 2.18 bits per heavy atom. The largest absolute Gasteiger partial charge is 0.337 e. The third kappa shape index (κ3) is 4.23. The van der Waals surface area contributed by atoms with Crippen molar-refractivity contribution in [1.29, 1.82) is 5.26 Å². The summed E-state index contributed by atoms with van der Waals surface area (Å²) in [5.41, 5.74) is 0.434. The van der Waals surface area contributed by atoms with Gasteiger partial charge in [-0.3, -0.25) is 4.79 Å². The van der Waals surface area contributed by atoms with Gasteiger partial charge < -0.3 is 4.90 Å². The molecular weight excluding hydrogens is 374 g/mol. The second-order valence-electron chi connectivity index (χ2n) is 8.09. The first-order valence-corrected chi connectivity index (χ1v) is 11.6. The molecule has 1 aliphatic heterocycles. The van der Waals surface area contributed by atoms with Gasteiger partial charge in [-0.2, -0.15) is 9.57 Å². The Bertz CT molecular complexity index is 829. The van der Waals surface area contributed by atoms with Crippen molar-refractivity contribution in [2.24, 2.45) is 5.92 Å². The summed E-state index contributed by atoms with van der Waals surface area (Å²) in [6.45, 7) is 4.85. The topological polar surface area (TPSA) is 81.5 Å². The zero-order valence-electron chi connectivity index (χ0n) is 16.7. The van der Waals surface area contributed by atoms with E-state index in [2.05, 4.69) is 18.7 Å². The van der Waals surface area contributed by atoms with Gasteiger partial charge in [-0.15, -0.1) is 0 Å². The Morgan fingerprint density at radius 2 is 1.68 bits per heavy atom. The molecule has 1 aromatic rings. The normalized spacial score (nSPS) is 19.6. The van der Waals surface area contributed by atoms with Crippen LogP contribution in [0.2, 0.25) is 0 Å². The number of amides is 1. The minimum absolute atomic E-state index is 0.101. The van der Waals surface area contributed by atoms with E-state index in [9.17, 15) is 13.2 Å². The van der Waals surface area contributed by atoms with Crippen LogP contribution in [0.1, 0.15) is 57.9 Å². The Labute approximate surface area is 168 Å². The van der Waals surface area contributed by atoms with E-state index in [1.807, 2.05) is 6.07 Å². The number of carbonyl (C=O) groups is 1. The Balaban J connectivity index is 1.65. The summed E-state index contributed by atoms with van der Waals surface area (Å²) in [6, 6.07) is 8.51. The van der Waals surface area contributed by atoms with E-state index in [1.165, 1.54) is 41.4 Å². The molecule has 0 radical (unpaired) electrons. The Kier molecular flexibility index (Phi) is 6.41. The average Bonchev–Trinajstić information content (AvgIpc) is 3.22. The fraction of sp³-hybridized carbons (Fsp3) is 0.619. The molecule has 2 fully saturated rings. The molecule has 2 aliphatic rings. The Hall–Kier alpha value is -1.91. The van der Waals surface area contributed by atoms with Gasteiger partial charge in [0, 0.05) is 31.1 Å². The standard InChI is InChI=1S/C21H29N3O3S/c1-16(2)24(19-5-3-4-6-19)21(25)18-11-13-23(14-12-18)28(26,27)20-9-7-17(15-22)8-10-20/h7-10,16,18-19H,3-6,11-14H2,1-2H3. The zero-order valence-corrected chi connectivity index (χ0v) is 17.5. The number of nitriles is 1. The number of piperidine rings is 1. The van der Waals surface area contributed by atoms with Gasteiger partial charge in [0.1, 0.15) is 0 Å². The predicted octanol–water partition coefficient (Wildman–Crippen LogP) is 3.14. The molecule has 1 amide bonds. The summed E-state index contributed by atoms with van der Waals surface area (Å²) in [5, 5.41) is 8.88. The highest BCUT2D eigenvalue weighted by molar-refractivity contribution is 7.89. The summed E-state index contributed by atoms with van der Waals surface area (Å²) < 4.78 is 27.2. The maximum Gasteiger partial charge on any atom is 0.243 e. The van der Waals surface area contributed by atoms with Gasteiger partial charge in [0.05, 0.1) is 16.5 Å². The number of sulfonamides is 1. The van der Waals surface area contributed by atoms with Crippen molar-refractivity contribution in [2.75, 3.05) is 13.1 Å². The first kappa shape index (κ1) is 20.8. The van der Waals surface area contributed by atoms with Gasteiger partial charge in [0.25, 0.3) is 0 Å². The molecule has 152 valence electrons. The third-order valence-corrected chi connectivity index (χ3v) is 7.87. The van der Waals surface area contributed by atoms with Crippen LogP contribution in [0.15, 0.2) is 29.2 Å². The van der Waals surface area contributed by atoms with Gasteiger partial charge in [-0.1, -0.05) is 12.8 Å². The fourth-order valence-corrected chi connectivity index (χ4v) is 5.91. The van der Waals surface area contributed by atoms with E-state index in [-0.39, 0.29) is 22.8 Å². The number of hydrogen-bond donors (Lipinski definition) is 0. The van der Waals surface area contributed by atoms with Crippen LogP contribution >= 0.6 is 0 Å². The van der Waals surface area contributed by atoms with Gasteiger partial charge >= 0.3 is 0 Å². The zero-order chi connectivity index (χ0) is 20.3. The van der Waals surface area contributed by atoms with Crippen molar-refractivity contribution in [3.63, 3.8) is 0 Å². The number of nitrogens with zero attached hydrogens (tertiary/aromatic N) is 3. The van der Waals surface area contributed by atoms with E-state index in [1.54, 1.807) is 0 Å². The van der Waals surface area contributed by atoms with E-state index in [4.69, 9.17) is 5.26 Å². The summed E-state index contributed by atoms with van der Waals surface area (Å²) in [6.07, 6.45) is 5.64. The predicted molar refractivity (Wildman–Crippen MR) is 107 cm³/mol. The molecular formula is C21H29N3O3S. The van der Waals surface area contributed by atoms with Gasteiger partial charge in [-0.25, -0.2) is 8.42 Å². The van der Waals surface area contributed by atoms with Crippen molar-refractivity contribution in [3.8, 4) is 6.07 Å². The lowest BCUT2D eigenvalue weighted by atomic mass is 9.95. The fourth-order valence-electron chi connectivity index (χ4n) is 4.44. The lowest BCUT2D eigenvalue weighted by Crippen LogP contribution is -2.49. The molecule has 28 heavy (non-hydrogen) atoms. The van der Waals surface area contributed by atoms with Crippen LogP contribution in [-0.2, 0) is 14.8 Å². The molecule has 0 aromatic heterocycles.